The van der Waals surface area contributed by atoms with Gasteiger partial charge in [-0.05, 0) is 27.2 Å². The lowest BCUT2D eigenvalue weighted by Gasteiger charge is -2.19. The van der Waals surface area contributed by atoms with E-state index in [2.05, 4.69) is 4.99 Å². The highest BCUT2D eigenvalue weighted by atomic mass is 127. The smallest absolute Gasteiger partial charge is 0.305 e. The molecule has 0 rings (SSSR count). The molecule has 17 heavy (non-hydrogen) atoms. The van der Waals surface area contributed by atoms with Crippen LogP contribution >= 0.6 is 24.0 Å². The number of ether oxygens (including phenoxy) is 1. The van der Waals surface area contributed by atoms with Crippen LogP contribution in [0.1, 0.15) is 33.6 Å². The maximum atomic E-state index is 11.0. The van der Waals surface area contributed by atoms with Gasteiger partial charge in [-0.25, -0.2) is 0 Å². The molecule has 102 valence electrons. The number of rotatable bonds is 7. The average molecular weight is 357 g/mol. The molecule has 0 aliphatic carbocycles. The zero-order valence-corrected chi connectivity index (χ0v) is 13.3. The Bertz CT molecular complexity index is 231. The van der Waals surface area contributed by atoms with Crippen molar-refractivity contribution in [3.63, 3.8) is 0 Å². The van der Waals surface area contributed by atoms with E-state index in [4.69, 9.17) is 10.5 Å². The fourth-order valence-electron chi connectivity index (χ4n) is 1.30. The lowest BCUT2D eigenvalue weighted by Crippen LogP contribution is -2.37. The number of carbonyl (C=O) groups is 1. The number of aliphatic imine (C=N–C) groups is 1. The van der Waals surface area contributed by atoms with E-state index in [1.54, 1.807) is 6.92 Å². The highest BCUT2D eigenvalue weighted by Gasteiger charge is 2.03. The summed E-state index contributed by atoms with van der Waals surface area (Å²) in [5.41, 5.74) is 5.77. The van der Waals surface area contributed by atoms with Crippen LogP contribution in [0.2, 0.25) is 0 Å². The summed E-state index contributed by atoms with van der Waals surface area (Å²) >= 11 is 0. The van der Waals surface area contributed by atoms with Crippen molar-refractivity contribution in [1.29, 1.82) is 0 Å². The number of halogens is 1. The largest absolute Gasteiger partial charge is 0.466 e. The Morgan fingerprint density at radius 1 is 1.29 bits per heavy atom. The molecule has 2 N–H and O–H groups in total. The number of carbonyl (C=O) groups excluding carboxylic acids is 1. The van der Waals surface area contributed by atoms with Crippen molar-refractivity contribution in [3.05, 3.63) is 0 Å². The maximum Gasteiger partial charge on any atom is 0.305 e. The molecule has 0 unspecified atom stereocenters. The van der Waals surface area contributed by atoms with Crippen LogP contribution in [0.5, 0.6) is 0 Å². The zero-order valence-electron chi connectivity index (χ0n) is 10.9. The minimum atomic E-state index is -0.167. The molecular weight excluding hydrogens is 333 g/mol. The summed E-state index contributed by atoms with van der Waals surface area (Å²) in [6.45, 7) is 8.57. The number of hydrogen-bond acceptors (Lipinski definition) is 3. The molecule has 0 saturated carbocycles. The first-order valence-electron chi connectivity index (χ1n) is 5.86. The Morgan fingerprint density at radius 3 is 2.35 bits per heavy atom. The van der Waals surface area contributed by atoms with Gasteiger partial charge in [0.15, 0.2) is 5.96 Å². The second kappa shape index (κ2) is 11.9. The molecule has 0 amide bonds. The van der Waals surface area contributed by atoms with Gasteiger partial charge < -0.3 is 15.4 Å². The average Bonchev–Trinajstić information content (AvgIpc) is 2.26. The third-order valence-electron chi connectivity index (χ3n) is 2.21. The van der Waals surface area contributed by atoms with Crippen LogP contribution in [0, 0.1) is 0 Å². The fraction of sp³-hybridized carbons (Fsp3) is 0.818. The zero-order chi connectivity index (χ0) is 12.4. The van der Waals surface area contributed by atoms with E-state index < -0.39 is 0 Å². The van der Waals surface area contributed by atoms with Crippen molar-refractivity contribution < 1.29 is 9.53 Å². The van der Waals surface area contributed by atoms with Crippen LogP contribution in [0.3, 0.4) is 0 Å². The standard InChI is InChI=1S/C11H23N3O2.HI/c1-4-14(5-2)11(12)13-9-7-8-10(15)16-6-3;/h4-9H2,1-3H3,(H2,12,13);1H. The predicted octanol–water partition coefficient (Wildman–Crippen LogP) is 1.60. The molecule has 0 aliphatic heterocycles. The van der Waals surface area contributed by atoms with Gasteiger partial charge in [-0.2, -0.15) is 0 Å². The van der Waals surface area contributed by atoms with Crippen LogP contribution in [-0.2, 0) is 9.53 Å². The SMILES string of the molecule is CCOC(=O)CCCN=C(N)N(CC)CC.I. The topological polar surface area (TPSA) is 67.9 Å². The van der Waals surface area contributed by atoms with Gasteiger partial charge in [0.05, 0.1) is 6.61 Å². The van der Waals surface area contributed by atoms with Crippen LogP contribution in [0.4, 0.5) is 0 Å². The summed E-state index contributed by atoms with van der Waals surface area (Å²) in [6.07, 6.45) is 1.09. The monoisotopic (exact) mass is 357 g/mol. The second-order valence-corrected chi connectivity index (χ2v) is 3.32. The van der Waals surface area contributed by atoms with E-state index in [0.29, 0.717) is 32.0 Å². The van der Waals surface area contributed by atoms with Gasteiger partial charge >= 0.3 is 5.97 Å². The Kier molecular flexibility index (Phi) is 13.2. The highest BCUT2D eigenvalue weighted by molar-refractivity contribution is 14.0. The third kappa shape index (κ3) is 9.20. The van der Waals surface area contributed by atoms with Gasteiger partial charge in [-0.1, -0.05) is 0 Å². The Balaban J connectivity index is 0. The first-order chi connectivity index (χ1) is 7.65. The summed E-state index contributed by atoms with van der Waals surface area (Å²) in [5.74, 6) is 0.382. The quantitative estimate of drug-likeness (QED) is 0.247. The van der Waals surface area contributed by atoms with Gasteiger partial charge in [0.25, 0.3) is 0 Å². The van der Waals surface area contributed by atoms with E-state index in [0.717, 1.165) is 13.1 Å². The van der Waals surface area contributed by atoms with E-state index >= 15 is 0 Å². The van der Waals surface area contributed by atoms with E-state index in [-0.39, 0.29) is 29.9 Å². The summed E-state index contributed by atoms with van der Waals surface area (Å²) in [7, 11) is 0. The molecule has 0 bridgehead atoms. The first-order valence-corrected chi connectivity index (χ1v) is 5.86. The molecule has 0 atom stereocenters. The minimum Gasteiger partial charge on any atom is -0.466 e. The predicted molar refractivity (Wildman–Crippen MR) is 80.7 cm³/mol. The highest BCUT2D eigenvalue weighted by Crippen LogP contribution is 1.94. The molecule has 0 aromatic heterocycles. The van der Waals surface area contributed by atoms with Crippen molar-refractivity contribution in [2.45, 2.75) is 33.6 Å². The van der Waals surface area contributed by atoms with Crippen molar-refractivity contribution in [3.8, 4) is 0 Å². The van der Waals surface area contributed by atoms with Crippen LogP contribution < -0.4 is 5.73 Å². The molecule has 5 nitrogen and oxygen atoms in total. The van der Waals surface area contributed by atoms with E-state index in [1.165, 1.54) is 0 Å². The number of nitrogens with two attached hydrogens (primary N) is 1. The summed E-state index contributed by atoms with van der Waals surface area (Å²) in [6, 6.07) is 0. The summed E-state index contributed by atoms with van der Waals surface area (Å²) in [5, 5.41) is 0. The molecule has 0 aromatic carbocycles. The number of esters is 1. The first kappa shape index (κ1) is 18.8. The van der Waals surface area contributed by atoms with Crippen LogP contribution in [0.15, 0.2) is 4.99 Å². The molecule has 0 heterocycles. The second-order valence-electron chi connectivity index (χ2n) is 3.32. The van der Waals surface area contributed by atoms with Gasteiger partial charge in [-0.3, -0.25) is 9.79 Å². The molecule has 6 heteroatoms. The Morgan fingerprint density at radius 2 is 1.88 bits per heavy atom. The Labute approximate surface area is 121 Å². The van der Waals surface area contributed by atoms with Gasteiger partial charge in [0.2, 0.25) is 0 Å². The summed E-state index contributed by atoms with van der Waals surface area (Å²) < 4.78 is 4.81. The van der Waals surface area contributed by atoms with Crippen molar-refractivity contribution in [2.75, 3.05) is 26.2 Å². The summed E-state index contributed by atoms with van der Waals surface area (Å²) in [4.78, 5) is 17.2. The molecule has 0 aliphatic rings. The molecule has 0 aromatic rings. The van der Waals surface area contributed by atoms with Crippen LogP contribution in [0.25, 0.3) is 0 Å². The molecule has 0 radical (unpaired) electrons. The van der Waals surface area contributed by atoms with Gasteiger partial charge in [0, 0.05) is 26.1 Å². The lowest BCUT2D eigenvalue weighted by atomic mass is 10.3. The molecule has 0 saturated heterocycles. The number of guanidine groups is 1. The fourth-order valence-corrected chi connectivity index (χ4v) is 1.30. The maximum absolute atomic E-state index is 11.0. The van der Waals surface area contributed by atoms with Crippen molar-refractivity contribution >= 4 is 35.9 Å². The normalized spacial score (nSPS) is 10.6. The number of nitrogens with zero attached hydrogens (tertiary/aromatic N) is 2. The molecule has 0 spiro atoms. The lowest BCUT2D eigenvalue weighted by molar-refractivity contribution is -0.143. The van der Waals surface area contributed by atoms with Gasteiger partial charge in [-0.15, -0.1) is 24.0 Å². The van der Waals surface area contributed by atoms with Gasteiger partial charge in [0.1, 0.15) is 0 Å². The van der Waals surface area contributed by atoms with E-state index in [9.17, 15) is 4.79 Å². The minimum absolute atomic E-state index is 0. The van der Waals surface area contributed by atoms with Crippen molar-refractivity contribution in [2.24, 2.45) is 10.7 Å². The Hall–Kier alpha value is -0.530. The molecular formula is C11H24IN3O2. The van der Waals surface area contributed by atoms with Crippen LogP contribution in [-0.4, -0.2) is 43.1 Å². The third-order valence-corrected chi connectivity index (χ3v) is 2.21. The molecule has 0 fully saturated rings. The number of hydrogen-bond donors (Lipinski definition) is 1. The van der Waals surface area contributed by atoms with E-state index in [1.807, 2.05) is 18.7 Å². The van der Waals surface area contributed by atoms with Crippen molar-refractivity contribution in [1.82, 2.24) is 4.90 Å².